The summed E-state index contributed by atoms with van der Waals surface area (Å²) < 4.78 is 19.1. The Balaban J connectivity index is 1.62. The Bertz CT molecular complexity index is 1080. The molecule has 0 spiro atoms. The van der Waals surface area contributed by atoms with Crippen LogP contribution in [-0.2, 0) is 11.3 Å². The molecule has 0 aliphatic heterocycles. The summed E-state index contributed by atoms with van der Waals surface area (Å²) >= 11 is 0. The van der Waals surface area contributed by atoms with Crippen LogP contribution in [0.5, 0.6) is 17.4 Å². The van der Waals surface area contributed by atoms with Crippen LogP contribution in [0.4, 0.5) is 0 Å². The SMILES string of the molecule is C=CCOC[C@@H](O)CN(Cc1c(C)nn(-c2ccccc2)c1Oc1ccc(OC)cc1)CC1CC1. The molecule has 1 aliphatic carbocycles. The van der Waals surface area contributed by atoms with E-state index in [9.17, 15) is 5.11 Å². The third-order valence-electron chi connectivity index (χ3n) is 6.02. The Labute approximate surface area is 207 Å². The molecule has 0 radical (unpaired) electrons. The molecular formula is C28H35N3O4. The Morgan fingerprint density at radius 3 is 2.51 bits per heavy atom. The molecule has 0 saturated heterocycles. The van der Waals surface area contributed by atoms with Crippen LogP contribution in [-0.4, -0.2) is 59.3 Å². The Kier molecular flexibility index (Phi) is 8.58. The van der Waals surface area contributed by atoms with Gasteiger partial charge in [0.2, 0.25) is 5.88 Å². The summed E-state index contributed by atoms with van der Waals surface area (Å²) in [6.45, 7) is 8.46. The van der Waals surface area contributed by atoms with Crippen molar-refractivity contribution in [2.75, 3.05) is 33.4 Å². The lowest BCUT2D eigenvalue weighted by atomic mass is 10.2. The molecule has 0 bridgehead atoms. The topological polar surface area (TPSA) is 69.0 Å². The van der Waals surface area contributed by atoms with Crippen molar-refractivity contribution in [3.63, 3.8) is 0 Å². The van der Waals surface area contributed by atoms with E-state index in [0.29, 0.717) is 37.2 Å². The van der Waals surface area contributed by atoms with Crippen LogP contribution >= 0.6 is 0 Å². The average molecular weight is 478 g/mol. The summed E-state index contributed by atoms with van der Waals surface area (Å²) in [6.07, 6.45) is 3.58. The zero-order valence-corrected chi connectivity index (χ0v) is 20.6. The van der Waals surface area contributed by atoms with Gasteiger partial charge in [0.15, 0.2) is 0 Å². The van der Waals surface area contributed by atoms with Gasteiger partial charge >= 0.3 is 0 Å². The monoisotopic (exact) mass is 477 g/mol. The number of rotatable bonds is 14. The number of ether oxygens (including phenoxy) is 3. The highest BCUT2D eigenvalue weighted by molar-refractivity contribution is 5.44. The van der Waals surface area contributed by atoms with Crippen LogP contribution in [0.2, 0.25) is 0 Å². The summed E-state index contributed by atoms with van der Waals surface area (Å²) in [6, 6.07) is 17.5. The molecule has 1 aliphatic rings. The first-order valence-electron chi connectivity index (χ1n) is 12.1. The first-order valence-corrected chi connectivity index (χ1v) is 12.1. The maximum Gasteiger partial charge on any atom is 0.227 e. The summed E-state index contributed by atoms with van der Waals surface area (Å²) in [4.78, 5) is 2.29. The summed E-state index contributed by atoms with van der Waals surface area (Å²) in [5, 5.41) is 15.4. The molecule has 7 nitrogen and oxygen atoms in total. The molecule has 0 unspecified atom stereocenters. The molecule has 4 rings (SSSR count). The molecule has 1 fully saturated rings. The Morgan fingerprint density at radius 1 is 1.14 bits per heavy atom. The second-order valence-electron chi connectivity index (χ2n) is 9.01. The van der Waals surface area contributed by atoms with E-state index in [2.05, 4.69) is 11.5 Å². The van der Waals surface area contributed by atoms with E-state index in [1.165, 1.54) is 12.8 Å². The number of aliphatic hydroxyl groups excluding tert-OH is 1. The number of aliphatic hydroxyl groups is 1. The van der Waals surface area contributed by atoms with Gasteiger partial charge in [0.05, 0.1) is 43.4 Å². The number of methoxy groups -OCH3 is 1. The van der Waals surface area contributed by atoms with E-state index in [1.54, 1.807) is 13.2 Å². The molecule has 1 heterocycles. The number of para-hydroxylation sites is 1. The number of hydrogen-bond acceptors (Lipinski definition) is 6. The lowest BCUT2D eigenvalue weighted by Crippen LogP contribution is -2.36. The number of aryl methyl sites for hydroxylation is 1. The van der Waals surface area contributed by atoms with Crippen molar-refractivity contribution in [3.8, 4) is 23.1 Å². The first kappa shape index (κ1) is 25.0. The molecule has 3 aromatic rings. The van der Waals surface area contributed by atoms with Crippen molar-refractivity contribution in [2.45, 2.75) is 32.4 Å². The van der Waals surface area contributed by atoms with Gasteiger partial charge in [0.1, 0.15) is 11.5 Å². The van der Waals surface area contributed by atoms with Gasteiger partial charge in [-0.2, -0.15) is 5.10 Å². The van der Waals surface area contributed by atoms with E-state index in [4.69, 9.17) is 19.3 Å². The van der Waals surface area contributed by atoms with E-state index < -0.39 is 6.10 Å². The zero-order valence-electron chi connectivity index (χ0n) is 20.6. The maximum atomic E-state index is 10.6. The molecule has 35 heavy (non-hydrogen) atoms. The van der Waals surface area contributed by atoms with Gasteiger partial charge < -0.3 is 19.3 Å². The van der Waals surface area contributed by atoms with Gasteiger partial charge in [0.25, 0.3) is 0 Å². The molecule has 186 valence electrons. The Hall–Kier alpha value is -3.13. The van der Waals surface area contributed by atoms with Crippen LogP contribution in [0.3, 0.4) is 0 Å². The lowest BCUT2D eigenvalue weighted by Gasteiger charge is -2.25. The fraction of sp³-hybridized carbons (Fsp3) is 0.393. The highest BCUT2D eigenvalue weighted by Crippen LogP contribution is 2.34. The first-order chi connectivity index (χ1) is 17.1. The highest BCUT2D eigenvalue weighted by Gasteiger charge is 2.28. The quantitative estimate of drug-likeness (QED) is 0.267. The van der Waals surface area contributed by atoms with Crippen LogP contribution in [0, 0.1) is 12.8 Å². The molecule has 7 heteroatoms. The normalized spacial score (nSPS) is 14.2. The predicted octanol–water partition coefficient (Wildman–Crippen LogP) is 4.76. The maximum absolute atomic E-state index is 10.6. The fourth-order valence-corrected chi connectivity index (χ4v) is 4.06. The molecule has 1 N–H and O–H groups in total. The fourth-order valence-electron chi connectivity index (χ4n) is 4.06. The summed E-state index contributed by atoms with van der Waals surface area (Å²) in [5.74, 6) is 2.83. The molecule has 1 saturated carbocycles. The zero-order chi connectivity index (χ0) is 24.6. The standard InChI is InChI=1S/C28H35N3O4/c1-4-16-34-20-24(32)18-30(17-22-10-11-22)19-27-21(2)29-31(23-8-6-5-7-9-23)28(27)35-26-14-12-25(33-3)13-15-26/h4-9,12-15,22,24,32H,1,10-11,16-20H2,2-3H3/t24-/m0/s1. The van der Waals surface area contributed by atoms with E-state index in [-0.39, 0.29) is 6.61 Å². The molecule has 2 aromatic carbocycles. The van der Waals surface area contributed by atoms with Gasteiger partial charge in [0, 0.05) is 19.6 Å². The van der Waals surface area contributed by atoms with Crippen molar-refractivity contribution in [1.29, 1.82) is 0 Å². The molecule has 1 aromatic heterocycles. The minimum atomic E-state index is -0.580. The lowest BCUT2D eigenvalue weighted by molar-refractivity contribution is 0.0235. The second-order valence-corrected chi connectivity index (χ2v) is 9.01. The van der Waals surface area contributed by atoms with Gasteiger partial charge in [-0.25, -0.2) is 4.68 Å². The van der Waals surface area contributed by atoms with Gasteiger partial charge in [-0.3, -0.25) is 4.90 Å². The third kappa shape index (κ3) is 6.94. The van der Waals surface area contributed by atoms with Gasteiger partial charge in [-0.05, 0) is 62.1 Å². The van der Waals surface area contributed by atoms with Gasteiger partial charge in [-0.1, -0.05) is 24.3 Å². The van der Waals surface area contributed by atoms with Gasteiger partial charge in [-0.15, -0.1) is 6.58 Å². The van der Waals surface area contributed by atoms with Crippen molar-refractivity contribution in [2.24, 2.45) is 5.92 Å². The Morgan fingerprint density at radius 2 is 1.86 bits per heavy atom. The largest absolute Gasteiger partial charge is 0.497 e. The summed E-state index contributed by atoms with van der Waals surface area (Å²) in [5.41, 5.74) is 2.83. The number of nitrogens with zero attached hydrogens (tertiary/aromatic N) is 3. The van der Waals surface area contributed by atoms with Crippen molar-refractivity contribution in [1.82, 2.24) is 14.7 Å². The van der Waals surface area contributed by atoms with Crippen LogP contribution in [0.25, 0.3) is 5.69 Å². The smallest absolute Gasteiger partial charge is 0.227 e. The second kappa shape index (κ2) is 12.0. The minimum absolute atomic E-state index is 0.282. The third-order valence-corrected chi connectivity index (χ3v) is 6.02. The van der Waals surface area contributed by atoms with Crippen molar-refractivity contribution in [3.05, 3.63) is 78.5 Å². The average Bonchev–Trinajstić information content (AvgIpc) is 3.64. The van der Waals surface area contributed by atoms with E-state index >= 15 is 0 Å². The van der Waals surface area contributed by atoms with Crippen molar-refractivity contribution >= 4 is 0 Å². The number of benzene rings is 2. The number of hydrogen-bond donors (Lipinski definition) is 1. The molecular weight excluding hydrogens is 442 g/mol. The molecule has 1 atom stereocenters. The van der Waals surface area contributed by atoms with Crippen LogP contribution in [0.1, 0.15) is 24.1 Å². The van der Waals surface area contributed by atoms with E-state index in [1.807, 2.05) is 66.2 Å². The highest BCUT2D eigenvalue weighted by atomic mass is 16.5. The predicted molar refractivity (Wildman–Crippen MR) is 136 cm³/mol. The number of aromatic nitrogens is 2. The minimum Gasteiger partial charge on any atom is -0.497 e. The molecule has 0 amide bonds. The van der Waals surface area contributed by atoms with E-state index in [0.717, 1.165) is 29.2 Å². The van der Waals surface area contributed by atoms with Crippen LogP contribution < -0.4 is 9.47 Å². The van der Waals surface area contributed by atoms with Crippen LogP contribution in [0.15, 0.2) is 67.3 Å². The summed E-state index contributed by atoms with van der Waals surface area (Å²) in [7, 11) is 1.65. The van der Waals surface area contributed by atoms with Crippen molar-refractivity contribution < 1.29 is 19.3 Å².